The van der Waals surface area contributed by atoms with E-state index >= 15 is 0 Å². The Morgan fingerprint density at radius 3 is 2.64 bits per heavy atom. The van der Waals surface area contributed by atoms with Crippen molar-refractivity contribution in [2.24, 2.45) is 7.05 Å². The van der Waals surface area contributed by atoms with E-state index in [0.717, 1.165) is 51.4 Å². The van der Waals surface area contributed by atoms with Crippen LogP contribution in [0.5, 0.6) is 5.75 Å². The summed E-state index contributed by atoms with van der Waals surface area (Å²) in [4.78, 5) is 22.0. The number of rotatable bonds is 8. The molecule has 0 bridgehead atoms. The smallest absolute Gasteiger partial charge is 0.269 e. The summed E-state index contributed by atoms with van der Waals surface area (Å²) in [5, 5.41) is 11.7. The zero-order valence-electron chi connectivity index (χ0n) is 19.3. The highest BCUT2D eigenvalue weighted by Crippen LogP contribution is 2.27. The Kier molecular flexibility index (Phi) is 6.53. The first-order valence-corrected chi connectivity index (χ1v) is 11.0. The van der Waals surface area contributed by atoms with Gasteiger partial charge in [-0.2, -0.15) is 5.10 Å². The molecule has 1 amide bonds. The summed E-state index contributed by atoms with van der Waals surface area (Å²) in [7, 11) is 3.44. The van der Waals surface area contributed by atoms with Crippen LogP contribution in [0.3, 0.4) is 0 Å². The molecule has 0 radical (unpaired) electrons. The van der Waals surface area contributed by atoms with Gasteiger partial charge in [0.15, 0.2) is 0 Å². The monoisotopic (exact) mass is 444 g/mol. The minimum atomic E-state index is -0.129. The normalized spacial score (nSPS) is 10.9. The van der Waals surface area contributed by atoms with Crippen molar-refractivity contribution in [3.8, 4) is 17.0 Å². The number of aryl methyl sites for hydroxylation is 2. The van der Waals surface area contributed by atoms with Crippen molar-refractivity contribution < 1.29 is 9.53 Å². The molecule has 0 saturated carbocycles. The fourth-order valence-electron chi connectivity index (χ4n) is 3.90. The van der Waals surface area contributed by atoms with Gasteiger partial charge < -0.3 is 15.4 Å². The quantitative estimate of drug-likeness (QED) is 0.402. The van der Waals surface area contributed by atoms with Crippen LogP contribution < -0.4 is 15.4 Å². The number of hydrogen-bond donors (Lipinski definition) is 2. The zero-order valence-corrected chi connectivity index (χ0v) is 19.3. The molecule has 0 aliphatic heterocycles. The first-order chi connectivity index (χ1) is 16.0. The SMILES string of the molecule is CCc1nn(C)c(C(=O)NCCNc2nc(-c3ccc(OC)cc3)cc3ncccc23)c1C. The lowest BCUT2D eigenvalue weighted by Crippen LogP contribution is -2.30. The third-order valence-corrected chi connectivity index (χ3v) is 5.62. The number of carbonyl (C=O) groups is 1. The van der Waals surface area contributed by atoms with E-state index in [2.05, 4.69) is 20.7 Å². The van der Waals surface area contributed by atoms with Crippen LogP contribution in [-0.4, -0.2) is 45.9 Å². The van der Waals surface area contributed by atoms with Gasteiger partial charge in [0.05, 0.1) is 24.0 Å². The van der Waals surface area contributed by atoms with Crippen molar-refractivity contribution in [2.45, 2.75) is 20.3 Å². The molecule has 0 spiro atoms. The summed E-state index contributed by atoms with van der Waals surface area (Å²) in [6.45, 7) is 4.94. The lowest BCUT2D eigenvalue weighted by atomic mass is 10.1. The van der Waals surface area contributed by atoms with E-state index in [1.54, 1.807) is 25.0 Å². The Balaban J connectivity index is 1.49. The Hall–Kier alpha value is -3.94. The number of pyridine rings is 2. The van der Waals surface area contributed by atoms with Gasteiger partial charge in [-0.15, -0.1) is 0 Å². The first-order valence-electron chi connectivity index (χ1n) is 11.0. The topological polar surface area (TPSA) is 94.0 Å². The summed E-state index contributed by atoms with van der Waals surface area (Å²) in [5.41, 5.74) is 5.10. The maximum Gasteiger partial charge on any atom is 0.269 e. The second-order valence-corrected chi connectivity index (χ2v) is 7.73. The molecule has 2 N–H and O–H groups in total. The molecule has 3 aromatic heterocycles. The van der Waals surface area contributed by atoms with Gasteiger partial charge in [-0.1, -0.05) is 6.92 Å². The Bertz CT molecular complexity index is 1280. The molecule has 0 aliphatic carbocycles. The predicted octanol–water partition coefficient (Wildman–Crippen LogP) is 3.75. The summed E-state index contributed by atoms with van der Waals surface area (Å²) in [6, 6.07) is 13.6. The number of methoxy groups -OCH3 is 1. The number of amides is 1. The van der Waals surface area contributed by atoms with Gasteiger partial charge in [0.2, 0.25) is 0 Å². The number of ether oxygens (including phenoxy) is 1. The van der Waals surface area contributed by atoms with Crippen LogP contribution in [0.25, 0.3) is 22.2 Å². The van der Waals surface area contributed by atoms with Crippen molar-refractivity contribution in [3.05, 3.63) is 65.6 Å². The molecular formula is C25H28N6O2. The van der Waals surface area contributed by atoms with Gasteiger partial charge in [-0.05, 0) is 55.8 Å². The molecule has 33 heavy (non-hydrogen) atoms. The third kappa shape index (κ3) is 4.64. The summed E-state index contributed by atoms with van der Waals surface area (Å²) < 4.78 is 6.90. The molecule has 8 heteroatoms. The van der Waals surface area contributed by atoms with Crippen LogP contribution in [0.15, 0.2) is 48.7 Å². The van der Waals surface area contributed by atoms with Gasteiger partial charge in [0, 0.05) is 42.8 Å². The van der Waals surface area contributed by atoms with Gasteiger partial charge in [-0.25, -0.2) is 4.98 Å². The highest BCUT2D eigenvalue weighted by molar-refractivity contribution is 5.94. The minimum absolute atomic E-state index is 0.129. The fourth-order valence-corrected chi connectivity index (χ4v) is 3.90. The summed E-state index contributed by atoms with van der Waals surface area (Å²) >= 11 is 0. The molecule has 0 aliphatic rings. The molecule has 8 nitrogen and oxygen atoms in total. The van der Waals surface area contributed by atoms with Gasteiger partial charge in [0.1, 0.15) is 17.3 Å². The average Bonchev–Trinajstić information content (AvgIpc) is 3.14. The number of benzene rings is 1. The number of carbonyl (C=O) groups excluding carboxylic acids is 1. The number of nitrogens with zero attached hydrogens (tertiary/aromatic N) is 4. The third-order valence-electron chi connectivity index (χ3n) is 5.62. The molecular weight excluding hydrogens is 416 g/mol. The largest absolute Gasteiger partial charge is 0.497 e. The van der Waals surface area contributed by atoms with E-state index in [1.807, 2.05) is 56.3 Å². The summed E-state index contributed by atoms with van der Waals surface area (Å²) in [6.07, 6.45) is 2.57. The van der Waals surface area contributed by atoms with E-state index in [0.29, 0.717) is 18.8 Å². The van der Waals surface area contributed by atoms with Crippen molar-refractivity contribution >= 4 is 22.6 Å². The van der Waals surface area contributed by atoms with Gasteiger partial charge in [0.25, 0.3) is 5.91 Å². The van der Waals surface area contributed by atoms with Crippen LogP contribution in [0.4, 0.5) is 5.82 Å². The molecule has 170 valence electrons. The minimum Gasteiger partial charge on any atom is -0.497 e. The number of anilines is 1. The zero-order chi connectivity index (χ0) is 23.4. The predicted molar refractivity (Wildman–Crippen MR) is 130 cm³/mol. The Labute approximate surface area is 193 Å². The van der Waals surface area contributed by atoms with E-state index < -0.39 is 0 Å². The molecule has 0 atom stereocenters. The molecule has 3 heterocycles. The van der Waals surface area contributed by atoms with Crippen LogP contribution >= 0.6 is 0 Å². The fraction of sp³-hybridized carbons (Fsp3) is 0.280. The van der Waals surface area contributed by atoms with Crippen LogP contribution in [0.1, 0.15) is 28.7 Å². The molecule has 4 rings (SSSR count). The molecule has 4 aromatic rings. The van der Waals surface area contributed by atoms with Crippen LogP contribution in [-0.2, 0) is 13.5 Å². The average molecular weight is 445 g/mol. The number of fused-ring (bicyclic) bond motifs is 1. The number of hydrogen-bond acceptors (Lipinski definition) is 6. The summed E-state index contributed by atoms with van der Waals surface area (Å²) in [5.74, 6) is 1.39. The molecule has 0 fully saturated rings. The maximum absolute atomic E-state index is 12.7. The first kappa shape index (κ1) is 22.3. The highest BCUT2D eigenvalue weighted by Gasteiger charge is 2.17. The molecule has 0 unspecified atom stereocenters. The van der Waals surface area contributed by atoms with Crippen LogP contribution in [0, 0.1) is 6.92 Å². The van der Waals surface area contributed by atoms with Crippen molar-refractivity contribution in [1.82, 2.24) is 25.1 Å². The van der Waals surface area contributed by atoms with E-state index in [1.165, 1.54) is 0 Å². The van der Waals surface area contributed by atoms with Crippen molar-refractivity contribution in [3.63, 3.8) is 0 Å². The van der Waals surface area contributed by atoms with E-state index in [4.69, 9.17) is 9.72 Å². The molecule has 0 saturated heterocycles. The Morgan fingerprint density at radius 1 is 1.15 bits per heavy atom. The standard InChI is InChI=1S/C25H28N6O2/c1-5-20-16(2)23(31(3)30-20)25(32)28-14-13-27-24-19-7-6-12-26-22(19)15-21(29-24)17-8-10-18(33-4)11-9-17/h6-12,15H,5,13-14H2,1-4H3,(H,27,29)(H,28,32). The highest BCUT2D eigenvalue weighted by atomic mass is 16.5. The lowest BCUT2D eigenvalue weighted by molar-refractivity contribution is 0.0945. The maximum atomic E-state index is 12.7. The van der Waals surface area contributed by atoms with Gasteiger partial charge >= 0.3 is 0 Å². The van der Waals surface area contributed by atoms with Crippen molar-refractivity contribution in [2.75, 3.05) is 25.5 Å². The number of aromatic nitrogens is 4. The molecule has 1 aromatic carbocycles. The second-order valence-electron chi connectivity index (χ2n) is 7.73. The van der Waals surface area contributed by atoms with Crippen molar-refractivity contribution in [1.29, 1.82) is 0 Å². The Morgan fingerprint density at radius 2 is 1.94 bits per heavy atom. The van der Waals surface area contributed by atoms with E-state index in [9.17, 15) is 4.79 Å². The number of nitrogens with one attached hydrogen (secondary N) is 2. The van der Waals surface area contributed by atoms with Gasteiger partial charge in [-0.3, -0.25) is 14.5 Å². The lowest BCUT2D eigenvalue weighted by Gasteiger charge is -2.12. The second kappa shape index (κ2) is 9.68. The van der Waals surface area contributed by atoms with E-state index in [-0.39, 0.29) is 5.91 Å². The van der Waals surface area contributed by atoms with Crippen LogP contribution in [0.2, 0.25) is 0 Å².